The van der Waals surface area contributed by atoms with Crippen LogP contribution in [0.1, 0.15) is 54.4 Å². The largest absolute Gasteiger partial charge is 0.409 e. The second kappa shape index (κ2) is 7.36. The number of nitrogens with zero attached hydrogens (tertiary/aromatic N) is 2. The summed E-state index contributed by atoms with van der Waals surface area (Å²) < 4.78 is 0. The van der Waals surface area contributed by atoms with Gasteiger partial charge < -0.3 is 15.8 Å². The van der Waals surface area contributed by atoms with Crippen molar-refractivity contribution in [2.24, 2.45) is 22.2 Å². The molecule has 0 spiro atoms. The van der Waals surface area contributed by atoms with Crippen LogP contribution in [0.25, 0.3) is 0 Å². The van der Waals surface area contributed by atoms with Crippen LogP contribution in [-0.2, 0) is 4.79 Å². The van der Waals surface area contributed by atoms with Crippen molar-refractivity contribution in [3.8, 4) is 0 Å². The predicted octanol–water partition coefficient (Wildman–Crippen LogP) is 2.43. The minimum atomic E-state index is -0.980. The highest BCUT2D eigenvalue weighted by Crippen LogP contribution is 2.23. The third-order valence-corrected chi connectivity index (χ3v) is 3.49. The zero-order chi connectivity index (χ0) is 15.2. The Hall–Kier alpha value is -1.26. The van der Waals surface area contributed by atoms with E-state index in [1.54, 1.807) is 13.8 Å². The Kier molecular flexibility index (Phi) is 6.87. The molecule has 0 aromatic carbocycles. The van der Waals surface area contributed by atoms with E-state index in [0.717, 1.165) is 12.8 Å². The van der Waals surface area contributed by atoms with Gasteiger partial charge in [0.2, 0.25) is 5.91 Å². The molecule has 112 valence electrons. The Labute approximate surface area is 116 Å². The summed E-state index contributed by atoms with van der Waals surface area (Å²) in [6.45, 7) is 12.4. The molecule has 0 aliphatic carbocycles. The van der Waals surface area contributed by atoms with Crippen LogP contribution in [-0.4, -0.2) is 34.4 Å². The molecule has 19 heavy (non-hydrogen) atoms. The fourth-order valence-electron chi connectivity index (χ4n) is 2.11. The van der Waals surface area contributed by atoms with Gasteiger partial charge in [0.25, 0.3) is 0 Å². The van der Waals surface area contributed by atoms with Gasteiger partial charge in [-0.25, -0.2) is 0 Å². The van der Waals surface area contributed by atoms with Crippen LogP contribution < -0.4 is 5.73 Å². The van der Waals surface area contributed by atoms with Crippen molar-refractivity contribution in [2.75, 3.05) is 6.54 Å². The molecule has 0 aliphatic rings. The summed E-state index contributed by atoms with van der Waals surface area (Å²) in [6, 6.07) is 0.195. The van der Waals surface area contributed by atoms with E-state index in [4.69, 9.17) is 10.9 Å². The lowest BCUT2D eigenvalue weighted by molar-refractivity contribution is -0.140. The Morgan fingerprint density at radius 2 is 1.79 bits per heavy atom. The van der Waals surface area contributed by atoms with Gasteiger partial charge in [0.1, 0.15) is 5.41 Å². The maximum Gasteiger partial charge on any atom is 0.236 e. The van der Waals surface area contributed by atoms with Crippen molar-refractivity contribution in [3.63, 3.8) is 0 Å². The lowest BCUT2D eigenvalue weighted by Gasteiger charge is -2.37. The van der Waals surface area contributed by atoms with Crippen molar-refractivity contribution in [1.29, 1.82) is 0 Å². The van der Waals surface area contributed by atoms with Crippen LogP contribution in [0.3, 0.4) is 0 Å². The van der Waals surface area contributed by atoms with Crippen molar-refractivity contribution < 1.29 is 10.0 Å². The van der Waals surface area contributed by atoms with E-state index in [9.17, 15) is 4.79 Å². The van der Waals surface area contributed by atoms with Crippen molar-refractivity contribution in [2.45, 2.75) is 60.4 Å². The first-order valence-electron chi connectivity index (χ1n) is 7.01. The number of hydrogen-bond donors (Lipinski definition) is 2. The SMILES string of the molecule is CCC(CC)N(CC(C)C)C(=O)C(C)(C)C(N)=NO. The molecule has 0 unspecified atom stereocenters. The first-order chi connectivity index (χ1) is 8.72. The highest BCUT2D eigenvalue weighted by molar-refractivity contribution is 6.06. The van der Waals surface area contributed by atoms with E-state index in [2.05, 4.69) is 32.9 Å². The molecular formula is C14H29N3O2. The monoisotopic (exact) mass is 271 g/mol. The summed E-state index contributed by atoms with van der Waals surface area (Å²) in [7, 11) is 0. The molecule has 5 heteroatoms. The van der Waals surface area contributed by atoms with Crippen LogP contribution in [0.5, 0.6) is 0 Å². The molecule has 0 aliphatic heterocycles. The zero-order valence-corrected chi connectivity index (χ0v) is 13.1. The molecule has 0 aromatic heterocycles. The van der Waals surface area contributed by atoms with E-state index in [1.807, 2.05) is 4.90 Å². The third kappa shape index (κ3) is 4.40. The second-order valence-electron chi connectivity index (χ2n) is 5.93. The zero-order valence-electron chi connectivity index (χ0n) is 13.1. The summed E-state index contributed by atoms with van der Waals surface area (Å²) in [4.78, 5) is 14.6. The number of amides is 1. The maximum atomic E-state index is 12.7. The summed E-state index contributed by atoms with van der Waals surface area (Å²) in [6.07, 6.45) is 1.81. The molecule has 0 saturated carbocycles. The number of rotatable bonds is 7. The highest BCUT2D eigenvalue weighted by atomic mass is 16.4. The molecule has 0 rings (SSSR count). The smallest absolute Gasteiger partial charge is 0.236 e. The number of amidine groups is 1. The lowest BCUT2D eigenvalue weighted by atomic mass is 9.88. The Bertz CT molecular complexity index is 321. The minimum absolute atomic E-state index is 0.0442. The first-order valence-corrected chi connectivity index (χ1v) is 7.01. The Morgan fingerprint density at radius 1 is 1.32 bits per heavy atom. The van der Waals surface area contributed by atoms with Gasteiger partial charge in [-0.15, -0.1) is 0 Å². The van der Waals surface area contributed by atoms with Gasteiger partial charge in [-0.1, -0.05) is 32.9 Å². The molecule has 0 atom stereocenters. The van der Waals surface area contributed by atoms with E-state index < -0.39 is 5.41 Å². The number of nitrogens with two attached hydrogens (primary N) is 1. The standard InChI is InChI=1S/C14H29N3O2/c1-7-11(8-2)17(9-10(3)4)13(18)14(5,6)12(15)16-19/h10-11,19H,7-9H2,1-6H3,(H2,15,16). The average molecular weight is 271 g/mol. The van der Waals surface area contributed by atoms with Gasteiger partial charge in [-0.05, 0) is 32.6 Å². The van der Waals surface area contributed by atoms with Gasteiger partial charge >= 0.3 is 0 Å². The topological polar surface area (TPSA) is 78.9 Å². The molecule has 5 nitrogen and oxygen atoms in total. The molecule has 0 bridgehead atoms. The van der Waals surface area contributed by atoms with Crippen LogP contribution >= 0.6 is 0 Å². The maximum absolute atomic E-state index is 12.7. The number of oxime groups is 1. The van der Waals surface area contributed by atoms with Gasteiger partial charge in [-0.3, -0.25) is 4.79 Å². The lowest BCUT2D eigenvalue weighted by Crippen LogP contribution is -2.52. The van der Waals surface area contributed by atoms with Crippen LogP contribution in [0.2, 0.25) is 0 Å². The van der Waals surface area contributed by atoms with Crippen LogP contribution in [0.15, 0.2) is 5.16 Å². The average Bonchev–Trinajstić information content (AvgIpc) is 2.36. The molecule has 3 N–H and O–H groups in total. The minimum Gasteiger partial charge on any atom is -0.409 e. The molecule has 0 heterocycles. The van der Waals surface area contributed by atoms with E-state index in [1.165, 1.54) is 0 Å². The summed E-state index contributed by atoms with van der Waals surface area (Å²) in [5.41, 5.74) is 4.68. The van der Waals surface area contributed by atoms with E-state index in [-0.39, 0.29) is 17.8 Å². The quantitative estimate of drug-likeness (QED) is 0.323. The Morgan fingerprint density at radius 3 is 2.11 bits per heavy atom. The van der Waals surface area contributed by atoms with Gasteiger partial charge in [0, 0.05) is 12.6 Å². The predicted molar refractivity (Wildman–Crippen MR) is 78.1 cm³/mol. The van der Waals surface area contributed by atoms with Gasteiger partial charge in [-0.2, -0.15) is 0 Å². The summed E-state index contributed by atoms with van der Waals surface area (Å²) in [5.74, 6) is 0.259. The second-order valence-corrected chi connectivity index (χ2v) is 5.93. The normalized spacial score (nSPS) is 13.2. The van der Waals surface area contributed by atoms with Crippen molar-refractivity contribution in [3.05, 3.63) is 0 Å². The highest BCUT2D eigenvalue weighted by Gasteiger charge is 2.38. The van der Waals surface area contributed by atoms with Gasteiger partial charge in [0.05, 0.1) is 0 Å². The van der Waals surface area contributed by atoms with E-state index >= 15 is 0 Å². The molecular weight excluding hydrogens is 242 g/mol. The van der Waals surface area contributed by atoms with Crippen molar-refractivity contribution in [1.82, 2.24) is 4.90 Å². The summed E-state index contributed by atoms with van der Waals surface area (Å²) >= 11 is 0. The summed E-state index contributed by atoms with van der Waals surface area (Å²) in [5, 5.41) is 11.8. The Balaban J connectivity index is 5.31. The van der Waals surface area contributed by atoms with E-state index in [0.29, 0.717) is 12.5 Å². The number of carbonyl (C=O) groups is 1. The van der Waals surface area contributed by atoms with Gasteiger partial charge in [0.15, 0.2) is 5.84 Å². The fourth-order valence-corrected chi connectivity index (χ4v) is 2.11. The molecule has 0 saturated heterocycles. The van der Waals surface area contributed by atoms with Crippen LogP contribution in [0.4, 0.5) is 0 Å². The number of hydrogen-bond acceptors (Lipinski definition) is 3. The number of carbonyl (C=O) groups excluding carboxylic acids is 1. The van der Waals surface area contributed by atoms with Crippen molar-refractivity contribution >= 4 is 11.7 Å². The fraction of sp³-hybridized carbons (Fsp3) is 0.857. The molecule has 0 aromatic rings. The third-order valence-electron chi connectivity index (χ3n) is 3.49. The molecule has 0 radical (unpaired) electrons. The molecule has 0 fully saturated rings. The van der Waals surface area contributed by atoms with Crippen LogP contribution in [0, 0.1) is 11.3 Å². The molecule has 1 amide bonds. The first kappa shape index (κ1) is 17.7.